The van der Waals surface area contributed by atoms with Crippen LogP contribution in [0.15, 0.2) is 12.1 Å². The summed E-state index contributed by atoms with van der Waals surface area (Å²) in [5.41, 5.74) is -1.75. The van der Waals surface area contributed by atoms with Crippen molar-refractivity contribution < 1.29 is 18.7 Å². The van der Waals surface area contributed by atoms with E-state index in [1.54, 1.807) is 0 Å². The molecule has 1 N–H and O–H groups in total. The van der Waals surface area contributed by atoms with Gasteiger partial charge in [0.05, 0.1) is 5.41 Å². The van der Waals surface area contributed by atoms with Gasteiger partial charge in [-0.05, 0) is 25.0 Å². The number of carboxylic acids is 1. The Balaban J connectivity index is 2.58. The van der Waals surface area contributed by atoms with E-state index in [2.05, 4.69) is 0 Å². The van der Waals surface area contributed by atoms with Crippen molar-refractivity contribution in [3.05, 3.63) is 34.4 Å². The lowest BCUT2D eigenvalue weighted by molar-refractivity contribution is -0.140. The first-order valence-corrected chi connectivity index (χ1v) is 4.73. The summed E-state index contributed by atoms with van der Waals surface area (Å²) in [5.74, 6) is -2.97. The van der Waals surface area contributed by atoms with E-state index >= 15 is 0 Å². The average Bonchev–Trinajstić information content (AvgIpc) is 2.83. The molecule has 0 aliphatic heterocycles. The molecule has 0 saturated heterocycles. The molecular weight excluding hydrogens is 226 g/mol. The van der Waals surface area contributed by atoms with Crippen molar-refractivity contribution in [2.75, 3.05) is 0 Å². The zero-order valence-electron chi connectivity index (χ0n) is 7.56. The van der Waals surface area contributed by atoms with Crippen LogP contribution >= 0.6 is 11.6 Å². The minimum Gasteiger partial charge on any atom is -0.481 e. The van der Waals surface area contributed by atoms with Crippen LogP contribution in [0.1, 0.15) is 18.4 Å². The molecular formula is C10H7ClF2O2. The number of aliphatic carboxylic acids is 1. The number of rotatable bonds is 2. The van der Waals surface area contributed by atoms with Crippen molar-refractivity contribution in [1.29, 1.82) is 0 Å². The maximum absolute atomic E-state index is 13.4. The molecule has 15 heavy (non-hydrogen) atoms. The Bertz CT molecular complexity index is 418. The summed E-state index contributed by atoms with van der Waals surface area (Å²) in [6.45, 7) is 0. The summed E-state index contributed by atoms with van der Waals surface area (Å²) in [6, 6.07) is 1.87. The highest BCUT2D eigenvalue weighted by Gasteiger charge is 2.54. The van der Waals surface area contributed by atoms with Crippen LogP contribution in [0.2, 0.25) is 5.02 Å². The van der Waals surface area contributed by atoms with Gasteiger partial charge >= 0.3 is 5.97 Å². The van der Waals surface area contributed by atoms with E-state index < -0.39 is 23.0 Å². The van der Waals surface area contributed by atoms with Gasteiger partial charge < -0.3 is 5.11 Å². The molecule has 1 aliphatic rings. The van der Waals surface area contributed by atoms with Crippen molar-refractivity contribution in [3.63, 3.8) is 0 Å². The smallest absolute Gasteiger partial charge is 0.314 e. The molecule has 0 unspecified atom stereocenters. The third-order valence-electron chi connectivity index (χ3n) is 2.64. The van der Waals surface area contributed by atoms with Gasteiger partial charge in [-0.2, -0.15) is 0 Å². The van der Waals surface area contributed by atoms with Gasteiger partial charge in [-0.25, -0.2) is 8.78 Å². The highest BCUT2D eigenvalue weighted by molar-refractivity contribution is 6.30. The number of carboxylic acid groups (broad SMARTS) is 1. The first-order chi connectivity index (χ1) is 6.97. The van der Waals surface area contributed by atoms with E-state index in [1.807, 2.05) is 0 Å². The molecule has 0 spiro atoms. The Kier molecular flexibility index (Phi) is 2.19. The second-order valence-electron chi connectivity index (χ2n) is 3.63. The predicted molar refractivity (Wildman–Crippen MR) is 49.9 cm³/mol. The Labute approximate surface area is 89.5 Å². The number of hydrogen-bond acceptors (Lipinski definition) is 1. The van der Waals surface area contributed by atoms with Gasteiger partial charge in [0.15, 0.2) is 0 Å². The average molecular weight is 233 g/mol. The van der Waals surface area contributed by atoms with E-state index in [0.717, 1.165) is 12.1 Å². The molecule has 1 saturated carbocycles. The second-order valence-corrected chi connectivity index (χ2v) is 4.07. The molecule has 0 amide bonds. The van der Waals surface area contributed by atoms with Crippen LogP contribution in [0, 0.1) is 11.6 Å². The van der Waals surface area contributed by atoms with Crippen LogP contribution < -0.4 is 0 Å². The molecule has 1 fully saturated rings. The molecule has 2 nitrogen and oxygen atoms in total. The molecule has 5 heteroatoms. The summed E-state index contributed by atoms with van der Waals surface area (Å²) >= 11 is 5.44. The van der Waals surface area contributed by atoms with E-state index in [1.165, 1.54) is 0 Å². The Morgan fingerprint density at radius 3 is 2.13 bits per heavy atom. The molecule has 1 aliphatic carbocycles. The van der Waals surface area contributed by atoms with E-state index in [4.69, 9.17) is 16.7 Å². The normalized spacial score (nSPS) is 17.5. The monoisotopic (exact) mass is 232 g/mol. The van der Waals surface area contributed by atoms with Gasteiger partial charge in [0.1, 0.15) is 11.6 Å². The number of halogens is 3. The lowest BCUT2D eigenvalue weighted by Crippen LogP contribution is -2.22. The van der Waals surface area contributed by atoms with Crippen LogP contribution in [0.5, 0.6) is 0 Å². The van der Waals surface area contributed by atoms with E-state index in [-0.39, 0.29) is 23.4 Å². The van der Waals surface area contributed by atoms with Gasteiger partial charge in [-0.15, -0.1) is 0 Å². The van der Waals surface area contributed by atoms with Gasteiger partial charge in [-0.1, -0.05) is 11.6 Å². The Morgan fingerprint density at radius 2 is 1.80 bits per heavy atom. The highest BCUT2D eigenvalue weighted by Crippen LogP contribution is 2.50. The summed E-state index contributed by atoms with van der Waals surface area (Å²) < 4.78 is 26.8. The molecule has 0 radical (unpaired) electrons. The largest absolute Gasteiger partial charge is 0.481 e. The maximum Gasteiger partial charge on any atom is 0.314 e. The van der Waals surface area contributed by atoms with Gasteiger partial charge in [-0.3, -0.25) is 4.79 Å². The first kappa shape index (κ1) is 10.4. The van der Waals surface area contributed by atoms with Gasteiger partial charge in [0.2, 0.25) is 0 Å². The minimum atomic E-state index is -1.38. The van der Waals surface area contributed by atoms with E-state index in [9.17, 15) is 13.6 Å². The standard InChI is InChI=1S/C10H7ClF2O2/c11-5-3-6(12)8(7(13)4-5)10(1-2-10)9(14)15/h3-4H,1-2H2,(H,14,15). The second kappa shape index (κ2) is 3.17. The van der Waals surface area contributed by atoms with Crippen molar-refractivity contribution in [2.24, 2.45) is 0 Å². The third-order valence-corrected chi connectivity index (χ3v) is 2.86. The highest BCUT2D eigenvalue weighted by atomic mass is 35.5. The summed E-state index contributed by atoms with van der Waals surface area (Å²) in [7, 11) is 0. The fourth-order valence-corrected chi connectivity index (χ4v) is 1.89. The van der Waals surface area contributed by atoms with E-state index in [0.29, 0.717) is 0 Å². The molecule has 2 rings (SSSR count). The van der Waals surface area contributed by atoms with Crippen LogP contribution in [0.4, 0.5) is 8.78 Å². The van der Waals surface area contributed by atoms with Crippen LogP contribution in [0.3, 0.4) is 0 Å². The Hall–Kier alpha value is -1.16. The lowest BCUT2D eigenvalue weighted by Gasteiger charge is -2.12. The van der Waals surface area contributed by atoms with Crippen LogP contribution in [0.25, 0.3) is 0 Å². The summed E-state index contributed by atoms with van der Waals surface area (Å²) in [4.78, 5) is 10.9. The number of carbonyl (C=O) groups is 1. The quantitative estimate of drug-likeness (QED) is 0.851. The number of benzene rings is 1. The predicted octanol–water partition coefficient (Wildman–Crippen LogP) is 2.73. The summed E-state index contributed by atoms with van der Waals surface area (Å²) in [5, 5.41) is 8.83. The molecule has 1 aromatic carbocycles. The van der Waals surface area contributed by atoms with Crippen molar-refractivity contribution >= 4 is 17.6 Å². The summed E-state index contributed by atoms with van der Waals surface area (Å²) in [6.07, 6.45) is 0.523. The zero-order chi connectivity index (χ0) is 11.2. The molecule has 0 atom stereocenters. The maximum atomic E-state index is 13.4. The number of hydrogen-bond donors (Lipinski definition) is 1. The molecule has 0 bridgehead atoms. The van der Waals surface area contributed by atoms with Crippen LogP contribution in [-0.4, -0.2) is 11.1 Å². The lowest BCUT2D eigenvalue weighted by atomic mass is 9.95. The topological polar surface area (TPSA) is 37.3 Å². The zero-order valence-corrected chi connectivity index (χ0v) is 8.31. The fraction of sp³-hybridized carbons (Fsp3) is 0.300. The first-order valence-electron chi connectivity index (χ1n) is 4.36. The molecule has 0 heterocycles. The van der Waals surface area contributed by atoms with Gasteiger partial charge in [0.25, 0.3) is 0 Å². The molecule has 0 aromatic heterocycles. The van der Waals surface area contributed by atoms with Crippen molar-refractivity contribution in [1.82, 2.24) is 0 Å². The molecule has 80 valence electrons. The Morgan fingerprint density at radius 1 is 1.33 bits per heavy atom. The van der Waals surface area contributed by atoms with Crippen LogP contribution in [-0.2, 0) is 10.2 Å². The molecule has 1 aromatic rings. The van der Waals surface area contributed by atoms with Crippen molar-refractivity contribution in [2.45, 2.75) is 18.3 Å². The fourth-order valence-electron chi connectivity index (χ4n) is 1.70. The van der Waals surface area contributed by atoms with Gasteiger partial charge in [0, 0.05) is 10.6 Å². The minimum absolute atomic E-state index is 0.0741. The third kappa shape index (κ3) is 1.49. The van der Waals surface area contributed by atoms with Crippen molar-refractivity contribution in [3.8, 4) is 0 Å². The SMILES string of the molecule is O=C(O)C1(c2c(F)cc(Cl)cc2F)CC1.